The van der Waals surface area contributed by atoms with Gasteiger partial charge in [0, 0.05) is 53.2 Å². The summed E-state index contributed by atoms with van der Waals surface area (Å²) < 4.78 is 54.0. The van der Waals surface area contributed by atoms with Gasteiger partial charge in [0.15, 0.2) is 15.7 Å². The van der Waals surface area contributed by atoms with Crippen molar-refractivity contribution in [3.05, 3.63) is 78.3 Å². The number of hydrogen-bond acceptors (Lipinski definition) is 8. The van der Waals surface area contributed by atoms with Crippen molar-refractivity contribution >= 4 is 43.4 Å². The van der Waals surface area contributed by atoms with Crippen LogP contribution in [0, 0.1) is 11.6 Å². The molecule has 2 aromatic carbocycles. The molecule has 4 heterocycles. The van der Waals surface area contributed by atoms with E-state index in [2.05, 4.69) is 30.5 Å². The molecule has 0 saturated carbocycles. The molecule has 0 saturated heterocycles. The van der Waals surface area contributed by atoms with Crippen LogP contribution in [0.4, 0.5) is 14.5 Å². The van der Waals surface area contributed by atoms with Crippen molar-refractivity contribution in [2.75, 3.05) is 11.6 Å². The number of rotatable bonds is 9. The van der Waals surface area contributed by atoms with Gasteiger partial charge in [0.1, 0.15) is 28.2 Å². The molecule has 45 heavy (non-hydrogen) atoms. The number of imidazole rings is 1. The van der Waals surface area contributed by atoms with Gasteiger partial charge < -0.3 is 16.0 Å². The third-order valence-corrected chi connectivity index (χ3v) is 8.54. The topological polar surface area (TPSA) is 172 Å². The molecule has 0 aliphatic carbocycles. The highest BCUT2D eigenvalue weighted by molar-refractivity contribution is 7.90. The van der Waals surface area contributed by atoms with E-state index in [4.69, 9.17) is 10.7 Å². The van der Waals surface area contributed by atoms with Crippen LogP contribution in [0.3, 0.4) is 0 Å². The first-order valence-electron chi connectivity index (χ1n) is 14.0. The van der Waals surface area contributed by atoms with Crippen LogP contribution in [0.5, 0.6) is 0 Å². The first-order chi connectivity index (χ1) is 21.5. The first kappa shape index (κ1) is 30.0. The Bertz CT molecular complexity index is 2200. The fourth-order valence-electron chi connectivity index (χ4n) is 5.08. The third-order valence-electron chi connectivity index (χ3n) is 7.35. The fourth-order valence-corrected chi connectivity index (χ4v) is 5.71. The number of pyridine rings is 2. The van der Waals surface area contributed by atoms with Gasteiger partial charge in [0.2, 0.25) is 5.91 Å². The van der Waals surface area contributed by atoms with Gasteiger partial charge in [0.05, 0.1) is 28.6 Å². The Morgan fingerprint density at radius 2 is 1.87 bits per heavy atom. The van der Waals surface area contributed by atoms with Crippen molar-refractivity contribution < 1.29 is 22.0 Å². The number of nitrogens with zero attached hydrogens (tertiary/aromatic N) is 4. The predicted octanol–water partition coefficient (Wildman–Crippen LogP) is 5.64. The first-order valence-corrected chi connectivity index (χ1v) is 16.0. The minimum atomic E-state index is -3.69. The molecule has 0 radical (unpaired) electrons. The molecule has 14 heteroatoms. The van der Waals surface area contributed by atoms with Crippen molar-refractivity contribution in [2.45, 2.75) is 31.6 Å². The number of carbonyl (C=O) groups excluding carboxylic acids is 1. The molecule has 1 atom stereocenters. The number of aromatic nitrogens is 6. The van der Waals surface area contributed by atoms with Crippen LogP contribution in [0.2, 0.25) is 0 Å². The zero-order chi connectivity index (χ0) is 31.9. The molecule has 0 fully saturated rings. The maximum Gasteiger partial charge on any atom is 0.224 e. The summed E-state index contributed by atoms with van der Waals surface area (Å²) in [6.07, 6.45) is 7.52. The fraction of sp³-hybridized carbons (Fsp3) is 0.194. The Hall–Kier alpha value is -5.08. The average molecular weight is 631 g/mol. The highest BCUT2D eigenvalue weighted by Gasteiger charge is 2.22. The molecule has 0 aliphatic rings. The Morgan fingerprint density at radius 3 is 2.64 bits per heavy atom. The molecule has 6 aromatic rings. The van der Waals surface area contributed by atoms with E-state index in [-0.39, 0.29) is 22.6 Å². The van der Waals surface area contributed by atoms with Crippen LogP contribution < -0.4 is 11.1 Å². The van der Waals surface area contributed by atoms with E-state index in [0.29, 0.717) is 56.8 Å². The van der Waals surface area contributed by atoms with Gasteiger partial charge in [-0.2, -0.15) is 5.10 Å². The zero-order valence-corrected chi connectivity index (χ0v) is 25.0. The standard InChI is InChI=1S/C31H28F2N8O3S/c1-3-4-5-26(42)37-20-11-18(14-35-15-20)21-12-22-25(13-23(21)33)40-41-28(22)31-38-24-6-7-36-27(29(24)39-31)16-8-17(10-19(32)9-16)30(34)45(2,43)44/h6-15,30H,3-5,34H2,1-2H3,(H,37,42)(H,38,39)(H,40,41). The Balaban J connectivity index is 1.40. The normalized spacial score (nSPS) is 12.6. The average Bonchev–Trinajstić information content (AvgIpc) is 3.62. The molecular weight excluding hydrogens is 602 g/mol. The molecule has 1 unspecified atom stereocenters. The van der Waals surface area contributed by atoms with Crippen molar-refractivity contribution in [3.63, 3.8) is 0 Å². The molecule has 0 spiro atoms. The van der Waals surface area contributed by atoms with Gasteiger partial charge in [-0.15, -0.1) is 0 Å². The molecule has 4 aromatic heterocycles. The molecule has 6 rings (SSSR count). The number of halogens is 2. The molecule has 0 bridgehead atoms. The lowest BCUT2D eigenvalue weighted by molar-refractivity contribution is -0.116. The maximum absolute atomic E-state index is 15.3. The molecule has 230 valence electrons. The molecule has 0 aliphatic heterocycles. The summed E-state index contributed by atoms with van der Waals surface area (Å²) in [5.74, 6) is -1.000. The second-order valence-electron chi connectivity index (χ2n) is 10.7. The number of nitrogens with one attached hydrogen (secondary N) is 3. The molecule has 11 nitrogen and oxygen atoms in total. The Morgan fingerprint density at radius 1 is 1.04 bits per heavy atom. The maximum atomic E-state index is 15.3. The van der Waals surface area contributed by atoms with E-state index in [1.165, 1.54) is 36.8 Å². The second-order valence-corrected chi connectivity index (χ2v) is 12.9. The highest BCUT2D eigenvalue weighted by atomic mass is 32.2. The van der Waals surface area contributed by atoms with E-state index in [1.54, 1.807) is 18.2 Å². The van der Waals surface area contributed by atoms with Crippen LogP contribution in [-0.2, 0) is 14.6 Å². The van der Waals surface area contributed by atoms with Crippen molar-refractivity contribution in [2.24, 2.45) is 5.73 Å². The minimum absolute atomic E-state index is 0.0778. The number of H-pyrrole nitrogens is 2. The van der Waals surface area contributed by atoms with Crippen molar-refractivity contribution in [1.29, 1.82) is 0 Å². The highest BCUT2D eigenvalue weighted by Crippen LogP contribution is 2.35. The summed E-state index contributed by atoms with van der Waals surface area (Å²) in [6, 6.07) is 10.1. The van der Waals surface area contributed by atoms with Gasteiger partial charge in [-0.1, -0.05) is 13.3 Å². The molecule has 1 amide bonds. The zero-order valence-electron chi connectivity index (χ0n) is 24.2. The molecular formula is C31H28F2N8O3S. The quantitative estimate of drug-likeness (QED) is 0.159. The summed E-state index contributed by atoms with van der Waals surface area (Å²) in [5.41, 5.74) is 9.45. The lowest BCUT2D eigenvalue weighted by Crippen LogP contribution is -2.20. The van der Waals surface area contributed by atoms with E-state index in [0.717, 1.165) is 25.2 Å². The third kappa shape index (κ3) is 6.01. The lowest BCUT2D eigenvalue weighted by atomic mass is 10.0. The van der Waals surface area contributed by atoms with Crippen molar-refractivity contribution in [3.8, 4) is 33.9 Å². The Labute approximate surface area is 256 Å². The van der Waals surface area contributed by atoms with E-state index in [9.17, 15) is 17.6 Å². The van der Waals surface area contributed by atoms with E-state index in [1.807, 2.05) is 6.92 Å². The number of nitrogens with two attached hydrogens (primary N) is 1. The SMILES string of the molecule is CCCCC(=O)Nc1cncc(-c2cc3c(-c4nc5c(-c6cc(F)cc(C(N)S(C)(=O)=O)c6)nccc5[nH]4)n[nH]c3cc2F)c1. The summed E-state index contributed by atoms with van der Waals surface area (Å²) in [7, 11) is -3.69. The van der Waals surface area contributed by atoms with Crippen LogP contribution in [-0.4, -0.2) is 50.7 Å². The van der Waals surface area contributed by atoms with E-state index < -0.39 is 26.8 Å². The monoisotopic (exact) mass is 630 g/mol. The van der Waals surface area contributed by atoms with Crippen LogP contribution in [0.25, 0.3) is 55.8 Å². The number of amides is 1. The molecule has 5 N–H and O–H groups in total. The summed E-state index contributed by atoms with van der Waals surface area (Å²) in [5, 5.41) is 9.17. The number of unbranched alkanes of at least 4 members (excludes halogenated alkanes) is 1. The lowest BCUT2D eigenvalue weighted by Gasteiger charge is -2.12. The van der Waals surface area contributed by atoms with Gasteiger partial charge in [0.25, 0.3) is 0 Å². The van der Waals surface area contributed by atoms with Crippen molar-refractivity contribution in [1.82, 2.24) is 30.1 Å². The number of fused-ring (bicyclic) bond motifs is 2. The number of sulfone groups is 1. The minimum Gasteiger partial charge on any atom is -0.336 e. The van der Waals surface area contributed by atoms with Crippen LogP contribution >= 0.6 is 0 Å². The number of carbonyl (C=O) groups is 1. The summed E-state index contributed by atoms with van der Waals surface area (Å²) in [4.78, 5) is 28.7. The Kier molecular flexibility index (Phi) is 7.85. The number of aromatic amines is 2. The number of hydrogen-bond donors (Lipinski definition) is 4. The largest absolute Gasteiger partial charge is 0.336 e. The van der Waals surface area contributed by atoms with Gasteiger partial charge in [-0.05, 0) is 48.4 Å². The van der Waals surface area contributed by atoms with Gasteiger partial charge in [-0.25, -0.2) is 22.2 Å². The predicted molar refractivity (Wildman–Crippen MR) is 167 cm³/mol. The van der Waals surface area contributed by atoms with E-state index >= 15 is 4.39 Å². The second kappa shape index (κ2) is 11.8. The number of benzene rings is 2. The van der Waals surface area contributed by atoms with Gasteiger partial charge >= 0.3 is 0 Å². The van der Waals surface area contributed by atoms with Crippen LogP contribution in [0.1, 0.15) is 37.1 Å². The number of anilines is 1. The van der Waals surface area contributed by atoms with Crippen LogP contribution in [0.15, 0.2) is 61.1 Å². The summed E-state index contributed by atoms with van der Waals surface area (Å²) in [6.45, 7) is 2.00. The van der Waals surface area contributed by atoms with Gasteiger partial charge in [-0.3, -0.25) is 19.9 Å². The smallest absolute Gasteiger partial charge is 0.224 e. The summed E-state index contributed by atoms with van der Waals surface area (Å²) >= 11 is 0.